The monoisotopic (exact) mass is 292 g/mol. The summed E-state index contributed by atoms with van der Waals surface area (Å²) in [4.78, 5) is 12.9. The molecule has 0 aromatic heterocycles. The normalized spacial score (nSPS) is 27.2. The maximum Gasteiger partial charge on any atom is 0.246 e. The molecule has 1 aliphatic carbocycles. The zero-order chi connectivity index (χ0) is 15.2. The van der Waals surface area contributed by atoms with Crippen molar-refractivity contribution in [3.8, 4) is 0 Å². The number of fused-ring (bicyclic) bond motifs is 2. The highest BCUT2D eigenvalue weighted by atomic mass is 16.2. The molecule has 4 rings (SSSR count). The van der Waals surface area contributed by atoms with Gasteiger partial charge in [-0.2, -0.15) is 0 Å². The van der Waals surface area contributed by atoms with E-state index in [4.69, 9.17) is 0 Å². The largest absolute Gasteiger partial charge is 0.273 e. The van der Waals surface area contributed by atoms with E-state index in [1.807, 2.05) is 30.3 Å². The van der Waals surface area contributed by atoms with Gasteiger partial charge >= 0.3 is 0 Å². The van der Waals surface area contributed by atoms with Gasteiger partial charge in [-0.1, -0.05) is 49.4 Å². The predicted octanol–water partition coefficient (Wildman–Crippen LogP) is 3.41. The first-order valence-corrected chi connectivity index (χ1v) is 7.97. The Labute approximate surface area is 130 Å². The van der Waals surface area contributed by atoms with Gasteiger partial charge in [0.15, 0.2) is 0 Å². The lowest BCUT2D eigenvalue weighted by molar-refractivity contribution is -0.120. The van der Waals surface area contributed by atoms with Gasteiger partial charge in [-0.25, -0.2) is 10.4 Å². The number of nitrogens with zero attached hydrogens (tertiary/aromatic N) is 1. The topological polar surface area (TPSA) is 32.3 Å². The molecule has 1 N–H and O–H groups in total. The standard InChI is InChI=1S/C19H20N2O/c1-14-18(22)21(16-10-3-2-4-11-16)20-19(14)13-7-9-15-8-5-6-12-17(15)19/h2-6,8,10-12,14,20H,7,9,13H2,1H3. The molecule has 1 spiro atoms. The Hall–Kier alpha value is -2.13. The zero-order valence-electron chi connectivity index (χ0n) is 12.8. The van der Waals surface area contributed by atoms with Crippen molar-refractivity contribution in [1.82, 2.24) is 5.43 Å². The van der Waals surface area contributed by atoms with Gasteiger partial charge in [0.1, 0.15) is 0 Å². The molecule has 1 saturated heterocycles. The molecule has 2 aromatic rings. The minimum atomic E-state index is -0.262. The summed E-state index contributed by atoms with van der Waals surface area (Å²) in [7, 11) is 0. The Morgan fingerprint density at radius 2 is 1.82 bits per heavy atom. The lowest BCUT2D eigenvalue weighted by Crippen LogP contribution is -2.47. The first-order chi connectivity index (χ1) is 10.7. The minimum Gasteiger partial charge on any atom is -0.273 e. The molecule has 0 bridgehead atoms. The fraction of sp³-hybridized carbons (Fsp3) is 0.316. The van der Waals surface area contributed by atoms with Crippen LogP contribution in [0.25, 0.3) is 0 Å². The van der Waals surface area contributed by atoms with E-state index in [2.05, 4.69) is 36.6 Å². The number of carbonyl (C=O) groups is 1. The van der Waals surface area contributed by atoms with E-state index in [-0.39, 0.29) is 17.4 Å². The van der Waals surface area contributed by atoms with E-state index in [0.717, 1.165) is 24.9 Å². The van der Waals surface area contributed by atoms with Crippen molar-refractivity contribution in [3.63, 3.8) is 0 Å². The van der Waals surface area contributed by atoms with Crippen LogP contribution in [0.1, 0.15) is 30.9 Å². The average Bonchev–Trinajstić information content (AvgIpc) is 2.82. The molecule has 1 heterocycles. The highest BCUT2D eigenvalue weighted by Crippen LogP contribution is 2.45. The van der Waals surface area contributed by atoms with Crippen molar-refractivity contribution in [2.75, 3.05) is 5.01 Å². The van der Waals surface area contributed by atoms with E-state index >= 15 is 0 Å². The summed E-state index contributed by atoms with van der Waals surface area (Å²) in [6.45, 7) is 2.06. The summed E-state index contributed by atoms with van der Waals surface area (Å²) in [5.74, 6) is 0.0945. The molecule has 1 fully saturated rings. The number of nitrogens with one attached hydrogen (secondary N) is 1. The second kappa shape index (κ2) is 4.96. The van der Waals surface area contributed by atoms with Gasteiger partial charge in [-0.3, -0.25) is 4.79 Å². The number of amides is 1. The first-order valence-electron chi connectivity index (χ1n) is 7.97. The van der Waals surface area contributed by atoms with Crippen molar-refractivity contribution >= 4 is 11.6 Å². The molecule has 112 valence electrons. The smallest absolute Gasteiger partial charge is 0.246 e. The quantitative estimate of drug-likeness (QED) is 0.873. The third-order valence-corrected chi connectivity index (χ3v) is 5.17. The SMILES string of the molecule is CC1C(=O)N(c2ccccc2)NC12CCCc1ccccc12. The van der Waals surface area contributed by atoms with Crippen LogP contribution < -0.4 is 10.4 Å². The molecular weight excluding hydrogens is 272 g/mol. The molecule has 1 amide bonds. The molecule has 2 aromatic carbocycles. The third-order valence-electron chi connectivity index (χ3n) is 5.17. The summed E-state index contributed by atoms with van der Waals surface area (Å²) in [6, 6.07) is 18.4. The van der Waals surface area contributed by atoms with Gasteiger partial charge in [-0.05, 0) is 42.5 Å². The number of anilines is 1. The lowest BCUT2D eigenvalue weighted by atomic mass is 9.71. The maximum atomic E-state index is 12.9. The van der Waals surface area contributed by atoms with Crippen LogP contribution in [0.2, 0.25) is 0 Å². The van der Waals surface area contributed by atoms with E-state index in [1.54, 1.807) is 5.01 Å². The van der Waals surface area contributed by atoms with Crippen LogP contribution in [-0.4, -0.2) is 5.91 Å². The number of rotatable bonds is 1. The van der Waals surface area contributed by atoms with Gasteiger partial charge in [0, 0.05) is 0 Å². The van der Waals surface area contributed by atoms with Crippen LogP contribution in [0, 0.1) is 5.92 Å². The number of benzene rings is 2. The van der Waals surface area contributed by atoms with Crippen LogP contribution in [0.3, 0.4) is 0 Å². The number of carbonyl (C=O) groups excluding carboxylic acids is 1. The van der Waals surface area contributed by atoms with Crippen molar-refractivity contribution in [1.29, 1.82) is 0 Å². The van der Waals surface area contributed by atoms with Crippen LogP contribution in [0.4, 0.5) is 5.69 Å². The van der Waals surface area contributed by atoms with Crippen molar-refractivity contribution in [3.05, 3.63) is 65.7 Å². The third kappa shape index (κ3) is 1.82. The lowest BCUT2D eigenvalue weighted by Gasteiger charge is -2.38. The molecule has 0 saturated carbocycles. The molecular formula is C19H20N2O. The van der Waals surface area contributed by atoms with Gasteiger partial charge < -0.3 is 0 Å². The fourth-order valence-corrected chi connectivity index (χ4v) is 3.96. The molecule has 22 heavy (non-hydrogen) atoms. The summed E-state index contributed by atoms with van der Waals surface area (Å²) in [6.07, 6.45) is 3.22. The Bertz CT molecular complexity index is 712. The Morgan fingerprint density at radius 3 is 2.64 bits per heavy atom. The molecule has 3 nitrogen and oxygen atoms in total. The summed E-state index contributed by atoms with van der Waals surface area (Å²) < 4.78 is 0. The van der Waals surface area contributed by atoms with Gasteiger partial charge in [0.05, 0.1) is 17.1 Å². The van der Waals surface area contributed by atoms with E-state index < -0.39 is 0 Å². The van der Waals surface area contributed by atoms with Gasteiger partial charge in [0.25, 0.3) is 0 Å². The van der Waals surface area contributed by atoms with Crippen LogP contribution in [-0.2, 0) is 16.8 Å². The minimum absolute atomic E-state index is 0.0610. The zero-order valence-corrected chi connectivity index (χ0v) is 12.8. The highest BCUT2D eigenvalue weighted by molar-refractivity contribution is 5.97. The van der Waals surface area contributed by atoms with Crippen LogP contribution in [0.5, 0.6) is 0 Å². The molecule has 2 atom stereocenters. The second-order valence-corrected chi connectivity index (χ2v) is 6.32. The van der Waals surface area contributed by atoms with Crippen molar-refractivity contribution in [2.24, 2.45) is 5.92 Å². The molecule has 1 aliphatic heterocycles. The second-order valence-electron chi connectivity index (χ2n) is 6.32. The van der Waals surface area contributed by atoms with E-state index in [1.165, 1.54) is 11.1 Å². The molecule has 2 aliphatic rings. The fourth-order valence-electron chi connectivity index (χ4n) is 3.96. The first kappa shape index (κ1) is 13.5. The molecule has 0 radical (unpaired) electrons. The highest BCUT2D eigenvalue weighted by Gasteiger charge is 2.52. The Morgan fingerprint density at radius 1 is 1.09 bits per heavy atom. The maximum absolute atomic E-state index is 12.9. The van der Waals surface area contributed by atoms with Gasteiger partial charge in [0.2, 0.25) is 5.91 Å². The summed E-state index contributed by atoms with van der Waals surface area (Å²) in [5, 5.41) is 1.74. The number of aryl methyl sites for hydroxylation is 1. The van der Waals surface area contributed by atoms with Crippen LogP contribution >= 0.6 is 0 Å². The van der Waals surface area contributed by atoms with Gasteiger partial charge in [-0.15, -0.1) is 0 Å². The number of hydrogen-bond acceptors (Lipinski definition) is 2. The van der Waals surface area contributed by atoms with E-state index in [0.29, 0.717) is 0 Å². The Kier molecular flexibility index (Phi) is 3.05. The summed E-state index contributed by atoms with van der Waals surface area (Å²) in [5.41, 5.74) is 6.88. The van der Waals surface area contributed by atoms with E-state index in [9.17, 15) is 4.79 Å². The number of hydrazine groups is 1. The number of hydrogen-bond donors (Lipinski definition) is 1. The van der Waals surface area contributed by atoms with Crippen LogP contribution in [0.15, 0.2) is 54.6 Å². The van der Waals surface area contributed by atoms with Crippen molar-refractivity contribution in [2.45, 2.75) is 31.7 Å². The number of para-hydroxylation sites is 1. The molecule has 3 heteroatoms. The predicted molar refractivity (Wildman–Crippen MR) is 87.3 cm³/mol. The molecule has 2 unspecified atom stereocenters. The average molecular weight is 292 g/mol. The summed E-state index contributed by atoms with van der Waals surface area (Å²) >= 11 is 0. The Balaban J connectivity index is 1.80. The van der Waals surface area contributed by atoms with Crippen molar-refractivity contribution < 1.29 is 4.79 Å².